The van der Waals surface area contributed by atoms with E-state index in [1.807, 2.05) is 17.5 Å². The third kappa shape index (κ3) is 2.39. The summed E-state index contributed by atoms with van der Waals surface area (Å²) in [5, 5.41) is 4.32. The van der Waals surface area contributed by atoms with Crippen molar-refractivity contribution in [2.75, 3.05) is 11.4 Å². The lowest BCUT2D eigenvalue weighted by molar-refractivity contribution is 0.991. The van der Waals surface area contributed by atoms with Crippen LogP contribution >= 0.6 is 34.5 Å². The van der Waals surface area contributed by atoms with Crippen LogP contribution in [0.4, 0.5) is 10.8 Å². The number of anilines is 2. The Morgan fingerprint density at radius 1 is 1.09 bits per heavy atom. The summed E-state index contributed by atoms with van der Waals surface area (Å²) in [4.78, 5) is 7.04. The molecule has 0 spiro atoms. The average Bonchev–Trinajstić information content (AvgIpc) is 3.13. The number of hydrogen-bond donors (Lipinski definition) is 0. The van der Waals surface area contributed by atoms with Crippen molar-refractivity contribution >= 4 is 45.4 Å². The first-order chi connectivity index (χ1) is 10.7. The van der Waals surface area contributed by atoms with Gasteiger partial charge >= 0.3 is 0 Å². The molecule has 0 amide bonds. The Hall–Kier alpha value is -1.55. The van der Waals surface area contributed by atoms with Crippen molar-refractivity contribution in [2.24, 2.45) is 0 Å². The summed E-state index contributed by atoms with van der Waals surface area (Å²) in [5.41, 5.74) is 4.45. The number of para-hydroxylation sites is 1. The average molecular weight is 347 g/mol. The molecule has 1 aromatic heterocycles. The molecule has 2 heterocycles. The summed E-state index contributed by atoms with van der Waals surface area (Å²) < 4.78 is 0. The second-order valence-electron chi connectivity index (χ2n) is 5.17. The molecule has 0 fully saturated rings. The van der Waals surface area contributed by atoms with Crippen LogP contribution < -0.4 is 4.90 Å². The fourth-order valence-corrected chi connectivity index (χ4v) is 4.12. The van der Waals surface area contributed by atoms with Crippen LogP contribution in [0.2, 0.25) is 10.0 Å². The van der Waals surface area contributed by atoms with Crippen LogP contribution in [-0.2, 0) is 6.42 Å². The van der Waals surface area contributed by atoms with Crippen LogP contribution in [0.5, 0.6) is 0 Å². The Kier molecular flexibility index (Phi) is 3.57. The zero-order valence-corrected chi connectivity index (χ0v) is 13.9. The van der Waals surface area contributed by atoms with E-state index < -0.39 is 0 Å². The van der Waals surface area contributed by atoms with Crippen molar-refractivity contribution < 1.29 is 0 Å². The highest BCUT2D eigenvalue weighted by atomic mass is 35.5. The topological polar surface area (TPSA) is 16.1 Å². The van der Waals surface area contributed by atoms with Crippen molar-refractivity contribution in [1.29, 1.82) is 0 Å². The highest BCUT2D eigenvalue weighted by Crippen LogP contribution is 2.39. The van der Waals surface area contributed by atoms with Crippen molar-refractivity contribution in [3.8, 4) is 11.3 Å². The Balaban J connectivity index is 1.71. The summed E-state index contributed by atoms with van der Waals surface area (Å²) in [6.07, 6.45) is 1.06. The maximum Gasteiger partial charge on any atom is 0.190 e. The van der Waals surface area contributed by atoms with Gasteiger partial charge < -0.3 is 4.90 Å². The van der Waals surface area contributed by atoms with Gasteiger partial charge in [0.25, 0.3) is 0 Å². The summed E-state index contributed by atoms with van der Waals surface area (Å²) >= 11 is 13.9. The Morgan fingerprint density at radius 2 is 1.95 bits per heavy atom. The normalized spacial score (nSPS) is 13.5. The zero-order valence-electron chi connectivity index (χ0n) is 11.6. The second-order valence-corrected chi connectivity index (χ2v) is 6.85. The molecule has 0 N–H and O–H groups in total. The molecule has 1 aliphatic rings. The molecule has 2 aromatic carbocycles. The quantitative estimate of drug-likeness (QED) is 0.581. The monoisotopic (exact) mass is 346 g/mol. The van der Waals surface area contributed by atoms with Gasteiger partial charge in [-0.25, -0.2) is 4.98 Å². The van der Waals surface area contributed by atoms with E-state index in [4.69, 9.17) is 28.2 Å². The van der Waals surface area contributed by atoms with E-state index in [0.717, 1.165) is 29.4 Å². The predicted molar refractivity (Wildman–Crippen MR) is 94.7 cm³/mol. The third-order valence-corrected chi connectivity index (χ3v) is 5.23. The van der Waals surface area contributed by atoms with Crippen molar-refractivity contribution in [3.63, 3.8) is 0 Å². The van der Waals surface area contributed by atoms with Gasteiger partial charge in [-0.1, -0.05) is 41.4 Å². The predicted octanol–water partition coefficient (Wildman–Crippen LogP) is 5.81. The maximum atomic E-state index is 6.28. The highest BCUT2D eigenvalue weighted by Gasteiger charge is 2.22. The van der Waals surface area contributed by atoms with Crippen molar-refractivity contribution in [3.05, 3.63) is 63.5 Å². The molecule has 0 unspecified atom stereocenters. The van der Waals surface area contributed by atoms with E-state index in [1.54, 1.807) is 17.4 Å². The van der Waals surface area contributed by atoms with Crippen LogP contribution in [0, 0.1) is 0 Å². The Morgan fingerprint density at radius 3 is 2.82 bits per heavy atom. The van der Waals surface area contributed by atoms with Gasteiger partial charge in [-0.3, -0.25) is 0 Å². The van der Waals surface area contributed by atoms with E-state index in [2.05, 4.69) is 29.2 Å². The molecule has 0 atom stereocenters. The number of hydrogen-bond acceptors (Lipinski definition) is 3. The minimum Gasteiger partial charge on any atom is -0.317 e. The van der Waals surface area contributed by atoms with Crippen LogP contribution in [0.25, 0.3) is 11.3 Å². The first-order valence-electron chi connectivity index (χ1n) is 6.99. The molecular weight excluding hydrogens is 335 g/mol. The first kappa shape index (κ1) is 14.1. The van der Waals surface area contributed by atoms with Gasteiger partial charge in [-0.2, -0.15) is 0 Å². The van der Waals surface area contributed by atoms with E-state index in [9.17, 15) is 0 Å². The number of rotatable bonds is 2. The van der Waals surface area contributed by atoms with Gasteiger partial charge in [-0.05, 0) is 36.2 Å². The summed E-state index contributed by atoms with van der Waals surface area (Å²) in [6.45, 7) is 0.973. The van der Waals surface area contributed by atoms with Gasteiger partial charge in [0.05, 0.1) is 10.7 Å². The Labute approximate surface area is 142 Å². The molecule has 4 rings (SSSR count). The van der Waals surface area contributed by atoms with Crippen molar-refractivity contribution in [1.82, 2.24) is 4.98 Å². The molecule has 5 heteroatoms. The van der Waals surface area contributed by atoms with Gasteiger partial charge in [0.2, 0.25) is 0 Å². The van der Waals surface area contributed by atoms with Gasteiger partial charge in [0.15, 0.2) is 5.13 Å². The number of benzene rings is 2. The second kappa shape index (κ2) is 5.58. The summed E-state index contributed by atoms with van der Waals surface area (Å²) in [7, 11) is 0. The molecule has 22 heavy (non-hydrogen) atoms. The number of nitrogens with zero attached hydrogens (tertiary/aromatic N) is 2. The van der Waals surface area contributed by atoms with E-state index in [1.165, 1.54) is 11.3 Å². The van der Waals surface area contributed by atoms with E-state index in [-0.39, 0.29) is 0 Å². The Bertz CT molecular complexity index is 844. The number of aromatic nitrogens is 1. The lowest BCUT2D eigenvalue weighted by Gasteiger charge is -2.15. The SMILES string of the molecule is Clc1ccc(-c2csc(N3CCc4ccccc43)n2)c(Cl)c1. The zero-order chi connectivity index (χ0) is 15.1. The lowest BCUT2D eigenvalue weighted by Crippen LogP contribution is -2.12. The fourth-order valence-electron chi connectivity index (χ4n) is 2.75. The van der Waals surface area contributed by atoms with Gasteiger partial charge in [-0.15, -0.1) is 11.3 Å². The summed E-state index contributed by atoms with van der Waals surface area (Å²) in [6, 6.07) is 14.0. The minimum absolute atomic E-state index is 0.631. The molecule has 0 saturated carbocycles. The molecule has 0 radical (unpaired) electrons. The largest absolute Gasteiger partial charge is 0.317 e. The molecule has 0 aliphatic carbocycles. The maximum absolute atomic E-state index is 6.28. The summed E-state index contributed by atoms with van der Waals surface area (Å²) in [5.74, 6) is 0. The van der Waals surface area contributed by atoms with E-state index in [0.29, 0.717) is 10.0 Å². The molecule has 1 aliphatic heterocycles. The standard InChI is InChI=1S/C17H12Cl2N2S/c18-12-5-6-13(14(19)9-12)15-10-22-17(20-15)21-8-7-11-3-1-2-4-16(11)21/h1-6,9-10H,7-8H2. The molecule has 2 nitrogen and oxygen atoms in total. The molecule has 0 saturated heterocycles. The third-order valence-electron chi connectivity index (χ3n) is 3.82. The smallest absolute Gasteiger partial charge is 0.190 e. The van der Waals surface area contributed by atoms with Crippen LogP contribution in [0.1, 0.15) is 5.56 Å². The van der Waals surface area contributed by atoms with Gasteiger partial charge in [0.1, 0.15) is 0 Å². The first-order valence-corrected chi connectivity index (χ1v) is 8.62. The van der Waals surface area contributed by atoms with Crippen LogP contribution in [-0.4, -0.2) is 11.5 Å². The van der Waals surface area contributed by atoms with Crippen LogP contribution in [0.3, 0.4) is 0 Å². The van der Waals surface area contributed by atoms with Crippen LogP contribution in [0.15, 0.2) is 47.8 Å². The molecule has 110 valence electrons. The highest BCUT2D eigenvalue weighted by molar-refractivity contribution is 7.14. The fraction of sp³-hybridized carbons (Fsp3) is 0.118. The molecule has 0 bridgehead atoms. The minimum atomic E-state index is 0.631. The number of thiazole rings is 1. The molecular formula is C17H12Cl2N2S. The van der Waals surface area contributed by atoms with E-state index >= 15 is 0 Å². The van der Waals surface area contributed by atoms with Crippen molar-refractivity contribution in [2.45, 2.75) is 6.42 Å². The lowest BCUT2D eigenvalue weighted by atomic mass is 10.2. The number of halogens is 2. The number of fused-ring (bicyclic) bond motifs is 1. The van der Waals surface area contributed by atoms with Gasteiger partial charge in [0, 0.05) is 28.2 Å². The molecule has 3 aromatic rings.